The van der Waals surface area contributed by atoms with Crippen molar-refractivity contribution in [1.82, 2.24) is 5.32 Å². The number of piperazine rings is 1. The highest BCUT2D eigenvalue weighted by Gasteiger charge is 2.28. The Morgan fingerprint density at radius 2 is 1.76 bits per heavy atom. The molecule has 9 heteroatoms. The van der Waals surface area contributed by atoms with Gasteiger partial charge in [0, 0.05) is 44.0 Å². The number of halogens is 1. The second-order valence-electron chi connectivity index (χ2n) is 6.92. The molecule has 8 nitrogen and oxygen atoms in total. The second-order valence-corrected chi connectivity index (χ2v) is 9.08. The maximum absolute atomic E-state index is 11.6. The van der Waals surface area contributed by atoms with Crippen molar-refractivity contribution in [2.24, 2.45) is 0 Å². The topological polar surface area (TPSA) is 88.9 Å². The predicted molar refractivity (Wildman–Crippen MR) is 123 cm³/mol. The Morgan fingerprint density at radius 3 is 2.31 bits per heavy atom. The van der Waals surface area contributed by atoms with Crippen LogP contribution in [0, 0.1) is 10.1 Å². The van der Waals surface area contributed by atoms with Gasteiger partial charge in [0.15, 0.2) is 0 Å². The van der Waals surface area contributed by atoms with E-state index in [1.165, 1.54) is 0 Å². The van der Waals surface area contributed by atoms with Gasteiger partial charge in [-0.3, -0.25) is 10.1 Å². The van der Waals surface area contributed by atoms with E-state index in [2.05, 4.69) is 38.1 Å². The highest BCUT2D eigenvalue weighted by molar-refractivity contribution is 14.1. The number of nitrogens with zero attached hydrogens (tertiary/aromatic N) is 2. The number of hydrogen-bond donors (Lipinski definition) is 2. The Kier molecular flexibility index (Phi) is 6.68. The first-order chi connectivity index (χ1) is 13.8. The van der Waals surface area contributed by atoms with Crippen LogP contribution in [0.25, 0.3) is 0 Å². The molecule has 0 amide bonds. The first kappa shape index (κ1) is 21.4. The molecule has 0 saturated carbocycles. The third kappa shape index (κ3) is 5.02. The highest BCUT2D eigenvalue weighted by Crippen LogP contribution is 2.40. The molecule has 1 aliphatic rings. The largest absolute Gasteiger partial charge is 0.497 e. The Balaban J connectivity index is 1.97. The summed E-state index contributed by atoms with van der Waals surface area (Å²) in [7, 11) is 3.19. The van der Waals surface area contributed by atoms with Gasteiger partial charge in [0.1, 0.15) is 20.7 Å². The van der Waals surface area contributed by atoms with Crippen molar-refractivity contribution in [2.75, 3.05) is 50.6 Å². The number of anilines is 2. The van der Waals surface area contributed by atoms with E-state index < -0.39 is 3.55 Å². The Hall–Kier alpha value is -2.27. The number of ether oxygens (including phenoxy) is 2. The molecule has 1 atom stereocenters. The minimum absolute atomic E-state index is 0.0432. The molecule has 1 fully saturated rings. The quantitative estimate of drug-likeness (QED) is 0.192. The predicted octanol–water partition coefficient (Wildman–Crippen LogP) is 3.74. The first-order valence-corrected chi connectivity index (χ1v) is 10.4. The number of methoxy groups -OCH3 is 2. The van der Waals surface area contributed by atoms with E-state index >= 15 is 0 Å². The molecule has 1 saturated heterocycles. The third-order valence-electron chi connectivity index (χ3n) is 4.92. The number of rotatable bonds is 7. The summed E-state index contributed by atoms with van der Waals surface area (Å²) in [5.41, 5.74) is 2.37. The molecule has 2 aromatic carbocycles. The smallest absolute Gasteiger partial charge is 0.292 e. The lowest BCUT2D eigenvalue weighted by Crippen LogP contribution is -2.43. The summed E-state index contributed by atoms with van der Waals surface area (Å²) in [6.07, 6.45) is 0. The summed E-state index contributed by atoms with van der Waals surface area (Å²) in [6, 6.07) is 10.8. The van der Waals surface area contributed by atoms with Crippen LogP contribution in [0.1, 0.15) is 12.5 Å². The average Bonchev–Trinajstić information content (AvgIpc) is 2.73. The fraction of sp³-hybridized carbons (Fsp3) is 0.400. The third-order valence-corrected chi connectivity index (χ3v) is 5.81. The molecule has 2 aromatic rings. The molecular weight excluding hydrogens is 487 g/mol. The normalized spacial score (nSPS) is 16.1. The van der Waals surface area contributed by atoms with E-state index in [-0.39, 0.29) is 10.6 Å². The summed E-state index contributed by atoms with van der Waals surface area (Å²) < 4.78 is 10.1. The van der Waals surface area contributed by atoms with E-state index in [1.54, 1.807) is 26.4 Å². The van der Waals surface area contributed by atoms with E-state index in [0.29, 0.717) is 17.2 Å². The van der Waals surface area contributed by atoms with Crippen LogP contribution >= 0.6 is 22.6 Å². The van der Waals surface area contributed by atoms with Gasteiger partial charge in [-0.2, -0.15) is 0 Å². The van der Waals surface area contributed by atoms with Gasteiger partial charge in [-0.05, 0) is 59.3 Å². The summed E-state index contributed by atoms with van der Waals surface area (Å²) in [5.74, 6) is 1.32. The van der Waals surface area contributed by atoms with Crippen LogP contribution in [-0.2, 0) is 3.55 Å². The minimum Gasteiger partial charge on any atom is -0.497 e. The monoisotopic (exact) mass is 512 g/mol. The molecule has 1 aliphatic heterocycles. The van der Waals surface area contributed by atoms with E-state index in [4.69, 9.17) is 9.47 Å². The van der Waals surface area contributed by atoms with Crippen molar-refractivity contribution in [3.8, 4) is 11.5 Å². The fourth-order valence-electron chi connectivity index (χ4n) is 3.31. The maximum atomic E-state index is 11.6. The van der Waals surface area contributed by atoms with Crippen LogP contribution in [0.2, 0.25) is 0 Å². The van der Waals surface area contributed by atoms with Crippen molar-refractivity contribution in [3.05, 3.63) is 52.1 Å². The number of nitro groups is 1. The zero-order valence-electron chi connectivity index (χ0n) is 16.7. The number of nitrogens with one attached hydrogen (secondary N) is 2. The van der Waals surface area contributed by atoms with Crippen molar-refractivity contribution < 1.29 is 14.4 Å². The van der Waals surface area contributed by atoms with Crippen LogP contribution in [0.3, 0.4) is 0 Å². The van der Waals surface area contributed by atoms with Crippen molar-refractivity contribution in [1.29, 1.82) is 0 Å². The van der Waals surface area contributed by atoms with Gasteiger partial charge in [0.2, 0.25) is 0 Å². The van der Waals surface area contributed by atoms with Crippen molar-refractivity contribution in [3.63, 3.8) is 0 Å². The van der Waals surface area contributed by atoms with Gasteiger partial charge in [-0.25, -0.2) is 0 Å². The lowest BCUT2D eigenvalue weighted by molar-refractivity contribution is -0.384. The molecule has 29 heavy (non-hydrogen) atoms. The van der Waals surface area contributed by atoms with Crippen LogP contribution in [0.5, 0.6) is 11.5 Å². The lowest BCUT2D eigenvalue weighted by atomic mass is 10.1. The molecule has 2 N–H and O–H groups in total. The maximum Gasteiger partial charge on any atom is 0.292 e. The molecule has 1 heterocycles. The summed E-state index contributed by atoms with van der Waals surface area (Å²) in [4.78, 5) is 13.5. The number of benzene rings is 2. The SMILES string of the molecule is COc1cc(OC)cc(C(C)(I)Nc2cc(N3CCNCC3)ccc2[N+](=O)[O-])c1. The minimum atomic E-state index is -0.633. The Morgan fingerprint density at radius 1 is 1.14 bits per heavy atom. The zero-order chi connectivity index (χ0) is 21.0. The summed E-state index contributed by atoms with van der Waals surface area (Å²) in [5, 5.41) is 18.3. The van der Waals surface area contributed by atoms with Crippen LogP contribution in [0.15, 0.2) is 36.4 Å². The molecule has 0 radical (unpaired) electrons. The van der Waals surface area contributed by atoms with Gasteiger partial charge in [-0.15, -0.1) is 0 Å². The molecule has 1 unspecified atom stereocenters. The molecule has 0 aliphatic carbocycles. The van der Waals surface area contributed by atoms with Crippen LogP contribution in [-0.4, -0.2) is 45.3 Å². The number of hydrogen-bond acceptors (Lipinski definition) is 7. The Bertz CT molecular complexity index is 863. The van der Waals surface area contributed by atoms with Gasteiger partial charge < -0.3 is 25.0 Å². The number of nitro benzene ring substituents is 1. The van der Waals surface area contributed by atoms with E-state index in [9.17, 15) is 10.1 Å². The van der Waals surface area contributed by atoms with E-state index in [1.807, 2.05) is 31.2 Å². The highest BCUT2D eigenvalue weighted by atomic mass is 127. The fourth-order valence-corrected chi connectivity index (χ4v) is 3.91. The molecule has 0 spiro atoms. The van der Waals surface area contributed by atoms with E-state index in [0.717, 1.165) is 37.4 Å². The van der Waals surface area contributed by atoms with Gasteiger partial charge in [0.25, 0.3) is 5.69 Å². The second kappa shape index (κ2) is 9.04. The standard InChI is InChI=1S/C20H25IN4O4/c1-20(21,14-10-16(28-2)13-17(11-14)29-3)23-18-12-15(4-5-19(18)25(26)27)24-8-6-22-7-9-24/h4-5,10-13,22-23H,6-9H2,1-3H3. The molecular formula is C20H25IN4O4. The Labute approximate surface area is 183 Å². The van der Waals surface area contributed by atoms with Gasteiger partial charge >= 0.3 is 0 Å². The average molecular weight is 512 g/mol. The molecule has 156 valence electrons. The first-order valence-electron chi connectivity index (χ1n) is 9.29. The van der Waals surface area contributed by atoms with Crippen molar-refractivity contribution >= 4 is 39.7 Å². The van der Waals surface area contributed by atoms with Gasteiger partial charge in [-0.1, -0.05) is 0 Å². The molecule has 0 bridgehead atoms. The summed E-state index contributed by atoms with van der Waals surface area (Å²) in [6.45, 7) is 5.49. The van der Waals surface area contributed by atoms with Crippen molar-refractivity contribution in [2.45, 2.75) is 10.5 Å². The molecule has 3 rings (SSSR count). The molecule has 0 aromatic heterocycles. The lowest BCUT2D eigenvalue weighted by Gasteiger charge is -2.31. The summed E-state index contributed by atoms with van der Waals surface area (Å²) >= 11 is 2.25. The van der Waals surface area contributed by atoms with Gasteiger partial charge in [0.05, 0.1) is 19.1 Å². The van der Waals surface area contributed by atoms with Crippen LogP contribution < -0.4 is 25.0 Å². The zero-order valence-corrected chi connectivity index (χ0v) is 18.9. The van der Waals surface area contributed by atoms with Crippen LogP contribution in [0.4, 0.5) is 17.1 Å². The number of alkyl halides is 1.